The first-order chi connectivity index (χ1) is 11.3. The van der Waals surface area contributed by atoms with E-state index in [0.717, 1.165) is 22.6 Å². The lowest BCUT2D eigenvalue weighted by Gasteiger charge is -2.18. The molecule has 24 heavy (non-hydrogen) atoms. The molecular formula is C16H16F3NO4. The van der Waals surface area contributed by atoms with Gasteiger partial charge in [0.25, 0.3) is 0 Å². The fraction of sp³-hybridized carbons (Fsp3) is 0.500. The summed E-state index contributed by atoms with van der Waals surface area (Å²) in [6, 6.07) is 5.26. The Bertz CT molecular complexity index is 674. The monoisotopic (exact) mass is 343 g/mol. The van der Waals surface area contributed by atoms with Crippen molar-refractivity contribution in [2.24, 2.45) is 11.8 Å². The number of carboxylic acid groups (broad SMARTS) is 1. The van der Waals surface area contributed by atoms with Crippen molar-refractivity contribution in [3.05, 3.63) is 29.3 Å². The maximum absolute atomic E-state index is 13.0. The average Bonchev–Trinajstić information content (AvgIpc) is 3.13. The van der Waals surface area contributed by atoms with Crippen molar-refractivity contribution in [1.82, 2.24) is 4.90 Å². The number of likely N-dealkylation sites (tertiary alicyclic amines) is 1. The number of ether oxygens (including phenoxy) is 1. The number of carboxylic acids is 1. The summed E-state index contributed by atoms with van der Waals surface area (Å²) in [4.78, 5) is 24.4. The van der Waals surface area contributed by atoms with Gasteiger partial charge in [-0.15, -0.1) is 0 Å². The molecule has 0 radical (unpaired) electrons. The molecule has 2 heterocycles. The molecule has 1 fully saturated rings. The van der Waals surface area contributed by atoms with E-state index in [1.165, 1.54) is 0 Å². The molecule has 0 bridgehead atoms. The molecule has 1 aromatic carbocycles. The minimum Gasteiger partial charge on any atom is -0.493 e. The number of carbonyl (C=O) groups excluding carboxylic acids is 1. The van der Waals surface area contributed by atoms with Gasteiger partial charge in [0.15, 0.2) is 0 Å². The summed E-state index contributed by atoms with van der Waals surface area (Å²) in [5, 5.41) is 8.99. The van der Waals surface area contributed by atoms with Gasteiger partial charge in [0.2, 0.25) is 5.91 Å². The van der Waals surface area contributed by atoms with E-state index in [2.05, 4.69) is 0 Å². The molecule has 1 aromatic rings. The molecule has 0 saturated carbocycles. The van der Waals surface area contributed by atoms with Crippen molar-refractivity contribution >= 4 is 11.9 Å². The zero-order valence-corrected chi connectivity index (χ0v) is 12.7. The lowest BCUT2D eigenvalue weighted by atomic mass is 9.96. The first kappa shape index (κ1) is 16.6. The Hall–Kier alpha value is -2.25. The normalized spacial score (nSPS) is 23.0. The van der Waals surface area contributed by atoms with Crippen molar-refractivity contribution < 1.29 is 32.6 Å². The fourth-order valence-corrected chi connectivity index (χ4v) is 3.23. The van der Waals surface area contributed by atoms with Crippen LogP contribution in [0.4, 0.5) is 13.2 Å². The van der Waals surface area contributed by atoms with Crippen LogP contribution in [0.25, 0.3) is 0 Å². The smallest absolute Gasteiger partial charge is 0.394 e. The van der Waals surface area contributed by atoms with E-state index >= 15 is 0 Å². The van der Waals surface area contributed by atoms with E-state index in [9.17, 15) is 22.8 Å². The van der Waals surface area contributed by atoms with E-state index in [1.807, 2.05) is 6.07 Å². The molecule has 8 heteroatoms. The lowest BCUT2D eigenvalue weighted by molar-refractivity contribution is -0.188. The molecule has 1 saturated heterocycles. The molecule has 2 atom stereocenters. The highest BCUT2D eigenvalue weighted by atomic mass is 19.4. The summed E-state index contributed by atoms with van der Waals surface area (Å²) >= 11 is 0. The maximum Gasteiger partial charge on any atom is 0.394 e. The van der Waals surface area contributed by atoms with E-state index in [4.69, 9.17) is 9.84 Å². The predicted octanol–water partition coefficient (Wildman–Crippen LogP) is 1.89. The number of benzene rings is 1. The van der Waals surface area contributed by atoms with Crippen LogP contribution < -0.4 is 4.74 Å². The molecular weight excluding hydrogens is 327 g/mol. The Morgan fingerprint density at radius 2 is 2.04 bits per heavy atom. The van der Waals surface area contributed by atoms with Gasteiger partial charge in [-0.1, -0.05) is 12.1 Å². The van der Waals surface area contributed by atoms with E-state index in [0.29, 0.717) is 12.2 Å². The van der Waals surface area contributed by atoms with Gasteiger partial charge in [0.05, 0.1) is 24.9 Å². The van der Waals surface area contributed by atoms with Gasteiger partial charge in [0, 0.05) is 19.5 Å². The van der Waals surface area contributed by atoms with Crippen LogP contribution in [0.2, 0.25) is 0 Å². The van der Waals surface area contributed by atoms with Crippen LogP contribution in [0.5, 0.6) is 5.75 Å². The maximum atomic E-state index is 13.0. The molecule has 130 valence electrons. The number of hydrogen-bond donors (Lipinski definition) is 1. The zero-order chi connectivity index (χ0) is 17.5. The molecule has 2 aliphatic rings. The third kappa shape index (κ3) is 3.18. The second kappa shape index (κ2) is 5.99. The number of fused-ring (bicyclic) bond motifs is 1. The number of halogens is 3. The van der Waals surface area contributed by atoms with Crippen molar-refractivity contribution in [2.45, 2.75) is 19.0 Å². The minimum atomic E-state index is -4.64. The minimum absolute atomic E-state index is 0.0514. The molecule has 0 spiro atoms. The highest BCUT2D eigenvalue weighted by Gasteiger charge is 2.53. The van der Waals surface area contributed by atoms with Gasteiger partial charge in [-0.2, -0.15) is 13.2 Å². The first-order valence-electron chi connectivity index (χ1n) is 7.57. The van der Waals surface area contributed by atoms with E-state index in [-0.39, 0.29) is 6.42 Å². The second-order valence-electron chi connectivity index (χ2n) is 6.11. The predicted molar refractivity (Wildman–Crippen MR) is 76.6 cm³/mol. The summed E-state index contributed by atoms with van der Waals surface area (Å²) in [5.74, 6) is -4.89. The summed E-state index contributed by atoms with van der Waals surface area (Å²) in [6.45, 7) is -0.438. The molecule has 1 amide bonds. The Morgan fingerprint density at radius 1 is 1.29 bits per heavy atom. The van der Waals surface area contributed by atoms with Crippen LogP contribution in [0.3, 0.4) is 0 Å². The molecule has 2 aliphatic heterocycles. The molecule has 0 aliphatic carbocycles. The van der Waals surface area contributed by atoms with Crippen LogP contribution in [-0.2, 0) is 22.4 Å². The molecule has 1 N–H and O–H groups in total. The van der Waals surface area contributed by atoms with E-state index < -0.39 is 43.0 Å². The van der Waals surface area contributed by atoms with Crippen molar-refractivity contribution in [2.75, 3.05) is 19.7 Å². The Kier molecular flexibility index (Phi) is 4.15. The number of nitrogens with zero attached hydrogens (tertiary/aromatic N) is 1. The summed E-state index contributed by atoms with van der Waals surface area (Å²) in [5.41, 5.74) is 1.66. The zero-order valence-electron chi connectivity index (χ0n) is 12.7. The number of carbonyl (C=O) groups is 2. The van der Waals surface area contributed by atoms with Gasteiger partial charge in [0.1, 0.15) is 5.75 Å². The third-order valence-electron chi connectivity index (χ3n) is 4.52. The highest BCUT2D eigenvalue weighted by Crippen LogP contribution is 2.38. The van der Waals surface area contributed by atoms with Gasteiger partial charge in [-0.3, -0.25) is 9.59 Å². The van der Waals surface area contributed by atoms with Gasteiger partial charge >= 0.3 is 12.1 Å². The molecule has 3 rings (SSSR count). The Morgan fingerprint density at radius 3 is 2.67 bits per heavy atom. The van der Waals surface area contributed by atoms with Crippen molar-refractivity contribution in [3.8, 4) is 5.75 Å². The van der Waals surface area contributed by atoms with Gasteiger partial charge in [-0.25, -0.2) is 0 Å². The van der Waals surface area contributed by atoms with E-state index in [1.54, 1.807) is 12.1 Å². The highest BCUT2D eigenvalue weighted by molar-refractivity contribution is 5.81. The molecule has 0 unspecified atom stereocenters. The van der Waals surface area contributed by atoms with Crippen molar-refractivity contribution in [3.63, 3.8) is 0 Å². The number of amides is 1. The third-order valence-corrected chi connectivity index (χ3v) is 4.52. The van der Waals surface area contributed by atoms with Gasteiger partial charge in [-0.05, 0) is 17.2 Å². The Balaban J connectivity index is 1.70. The Labute approximate surface area is 136 Å². The quantitative estimate of drug-likeness (QED) is 0.910. The SMILES string of the molecule is O=C(O)[C@@H]1CN(C(=O)Cc2ccc3c(c2)CCO3)C[C@H]1C(F)(F)F. The topological polar surface area (TPSA) is 66.8 Å². The summed E-state index contributed by atoms with van der Waals surface area (Å²) < 4.78 is 44.3. The van der Waals surface area contributed by atoms with Crippen LogP contribution in [0, 0.1) is 11.8 Å². The van der Waals surface area contributed by atoms with Crippen LogP contribution in [0.15, 0.2) is 18.2 Å². The second-order valence-corrected chi connectivity index (χ2v) is 6.11. The number of aliphatic carboxylic acids is 1. The van der Waals surface area contributed by atoms with Crippen LogP contribution in [-0.4, -0.2) is 47.8 Å². The first-order valence-corrected chi connectivity index (χ1v) is 7.57. The van der Waals surface area contributed by atoms with Crippen LogP contribution >= 0.6 is 0 Å². The fourth-order valence-electron chi connectivity index (χ4n) is 3.23. The average molecular weight is 343 g/mol. The van der Waals surface area contributed by atoms with Crippen LogP contribution in [0.1, 0.15) is 11.1 Å². The molecule has 5 nitrogen and oxygen atoms in total. The number of alkyl halides is 3. The molecule has 0 aromatic heterocycles. The van der Waals surface area contributed by atoms with Gasteiger partial charge < -0.3 is 14.7 Å². The van der Waals surface area contributed by atoms with Crippen molar-refractivity contribution in [1.29, 1.82) is 0 Å². The number of hydrogen-bond acceptors (Lipinski definition) is 3. The summed E-state index contributed by atoms with van der Waals surface area (Å²) in [7, 11) is 0. The largest absolute Gasteiger partial charge is 0.493 e. The lowest BCUT2D eigenvalue weighted by Crippen LogP contribution is -2.34. The summed E-state index contributed by atoms with van der Waals surface area (Å²) in [6.07, 6.45) is -3.95. The standard InChI is InChI=1S/C16H16F3NO4/c17-16(18,19)12-8-20(7-11(12)15(22)23)14(21)6-9-1-2-13-10(5-9)3-4-24-13/h1-2,5,11-12H,3-4,6-8H2,(H,22,23)/t11-,12-/m1/s1. The number of rotatable bonds is 3.